The zero-order valence-corrected chi connectivity index (χ0v) is 9.09. The molecule has 2 rings (SSSR count). The van der Waals surface area contributed by atoms with Crippen molar-refractivity contribution in [2.75, 3.05) is 12.3 Å². The molecule has 1 amide bonds. The van der Waals surface area contributed by atoms with Gasteiger partial charge in [-0.05, 0) is 30.2 Å². The molecule has 1 heterocycles. The van der Waals surface area contributed by atoms with E-state index in [1.807, 2.05) is 0 Å². The molecule has 15 heavy (non-hydrogen) atoms. The molecule has 5 heteroatoms. The van der Waals surface area contributed by atoms with E-state index < -0.39 is 6.10 Å². The molecule has 4 nitrogen and oxygen atoms in total. The normalized spacial score (nSPS) is 17.4. The Morgan fingerprint density at radius 3 is 3.00 bits per heavy atom. The second-order valence-corrected chi connectivity index (χ2v) is 4.74. The number of hydrogen-bond acceptors (Lipinski definition) is 4. The highest BCUT2D eigenvalue weighted by Gasteiger charge is 2.29. The molecule has 1 aliphatic rings. The predicted molar refractivity (Wildman–Crippen MR) is 59.8 cm³/mol. The summed E-state index contributed by atoms with van der Waals surface area (Å²) in [6, 6.07) is 1.71. The van der Waals surface area contributed by atoms with Crippen molar-refractivity contribution in [3.05, 3.63) is 16.3 Å². The van der Waals surface area contributed by atoms with Crippen molar-refractivity contribution in [2.24, 2.45) is 5.92 Å². The molecule has 0 saturated heterocycles. The second kappa shape index (κ2) is 4.20. The fraction of sp³-hybridized carbons (Fsp3) is 0.500. The number of rotatable bonds is 4. The van der Waals surface area contributed by atoms with Gasteiger partial charge in [0.15, 0.2) is 0 Å². The van der Waals surface area contributed by atoms with Gasteiger partial charge in [0.05, 0.1) is 11.8 Å². The molecule has 1 aromatic rings. The number of aliphatic hydroxyl groups is 1. The number of carbonyl (C=O) groups is 1. The number of nitrogen functional groups attached to an aromatic ring is 1. The van der Waals surface area contributed by atoms with Gasteiger partial charge in [-0.25, -0.2) is 0 Å². The van der Waals surface area contributed by atoms with Gasteiger partial charge in [-0.2, -0.15) is 0 Å². The van der Waals surface area contributed by atoms with Crippen LogP contribution in [0.3, 0.4) is 0 Å². The van der Waals surface area contributed by atoms with Crippen LogP contribution in [0.15, 0.2) is 11.4 Å². The molecule has 0 aromatic carbocycles. The van der Waals surface area contributed by atoms with Crippen LogP contribution >= 0.6 is 11.3 Å². The first-order valence-corrected chi connectivity index (χ1v) is 5.85. The number of anilines is 1. The molecule has 1 saturated carbocycles. The summed E-state index contributed by atoms with van der Waals surface area (Å²) in [4.78, 5) is 12.1. The highest BCUT2D eigenvalue weighted by atomic mass is 32.1. The van der Waals surface area contributed by atoms with Gasteiger partial charge in [-0.1, -0.05) is 0 Å². The second-order valence-electron chi connectivity index (χ2n) is 3.82. The number of amides is 1. The van der Waals surface area contributed by atoms with Gasteiger partial charge in [-0.3, -0.25) is 4.79 Å². The molecule has 0 aliphatic heterocycles. The summed E-state index contributed by atoms with van der Waals surface area (Å²) >= 11 is 1.31. The molecule has 0 bridgehead atoms. The van der Waals surface area contributed by atoms with E-state index in [2.05, 4.69) is 5.32 Å². The van der Waals surface area contributed by atoms with Gasteiger partial charge < -0.3 is 16.2 Å². The molecular weight excluding hydrogens is 212 g/mol. The van der Waals surface area contributed by atoms with Crippen molar-refractivity contribution in [1.82, 2.24) is 5.32 Å². The van der Waals surface area contributed by atoms with E-state index in [4.69, 9.17) is 5.73 Å². The average Bonchev–Trinajstić information content (AvgIpc) is 2.98. The van der Waals surface area contributed by atoms with Gasteiger partial charge in [0.1, 0.15) is 4.88 Å². The Morgan fingerprint density at radius 2 is 2.47 bits per heavy atom. The molecule has 82 valence electrons. The maximum absolute atomic E-state index is 11.6. The lowest BCUT2D eigenvalue weighted by Gasteiger charge is -2.09. The maximum Gasteiger partial charge on any atom is 0.263 e. The molecule has 0 spiro atoms. The first kappa shape index (κ1) is 10.4. The van der Waals surface area contributed by atoms with E-state index in [9.17, 15) is 9.90 Å². The van der Waals surface area contributed by atoms with Crippen LogP contribution in [0.1, 0.15) is 22.5 Å². The van der Waals surface area contributed by atoms with Gasteiger partial charge in [0.25, 0.3) is 5.91 Å². The van der Waals surface area contributed by atoms with Crippen LogP contribution in [-0.2, 0) is 0 Å². The fourth-order valence-electron chi connectivity index (χ4n) is 1.43. The minimum atomic E-state index is -0.407. The summed E-state index contributed by atoms with van der Waals surface area (Å²) in [5, 5.41) is 14.0. The Labute approximate surface area is 92.1 Å². The average molecular weight is 226 g/mol. The summed E-state index contributed by atoms with van der Waals surface area (Å²) < 4.78 is 0. The molecule has 1 unspecified atom stereocenters. The van der Waals surface area contributed by atoms with Crippen molar-refractivity contribution >= 4 is 22.9 Å². The first-order chi connectivity index (χ1) is 7.18. The molecule has 1 aliphatic carbocycles. The first-order valence-electron chi connectivity index (χ1n) is 4.97. The largest absolute Gasteiger partial charge is 0.397 e. The standard InChI is InChI=1S/C10H14N2O2S/c11-7-3-4-15-9(7)10(14)12-5-8(13)6-1-2-6/h3-4,6,8,13H,1-2,5,11H2,(H,12,14). The summed E-state index contributed by atoms with van der Waals surface area (Å²) in [7, 11) is 0. The molecule has 0 radical (unpaired) electrons. The van der Waals surface area contributed by atoms with E-state index in [0.29, 0.717) is 23.0 Å². The minimum Gasteiger partial charge on any atom is -0.397 e. The van der Waals surface area contributed by atoms with E-state index in [0.717, 1.165) is 12.8 Å². The lowest BCUT2D eigenvalue weighted by atomic mass is 10.2. The van der Waals surface area contributed by atoms with Crippen LogP contribution in [0.4, 0.5) is 5.69 Å². The summed E-state index contributed by atoms with van der Waals surface area (Å²) in [5.41, 5.74) is 6.11. The number of nitrogens with two attached hydrogens (primary N) is 1. The summed E-state index contributed by atoms with van der Waals surface area (Å²) in [6.07, 6.45) is 1.73. The van der Waals surface area contributed by atoms with Crippen LogP contribution in [-0.4, -0.2) is 23.7 Å². The van der Waals surface area contributed by atoms with Crippen LogP contribution in [0.25, 0.3) is 0 Å². The summed E-state index contributed by atoms with van der Waals surface area (Å²) in [6.45, 7) is 0.320. The Balaban J connectivity index is 1.84. The molecule has 4 N–H and O–H groups in total. The third-order valence-corrected chi connectivity index (χ3v) is 3.47. The van der Waals surface area contributed by atoms with Gasteiger partial charge >= 0.3 is 0 Å². The number of hydrogen-bond donors (Lipinski definition) is 3. The molecular formula is C10H14N2O2S. The quantitative estimate of drug-likeness (QED) is 0.712. The lowest BCUT2D eigenvalue weighted by molar-refractivity contribution is 0.0906. The number of carbonyl (C=O) groups excluding carboxylic acids is 1. The number of thiophene rings is 1. The van der Waals surface area contributed by atoms with E-state index in [1.165, 1.54) is 11.3 Å². The van der Waals surface area contributed by atoms with Crippen molar-refractivity contribution in [3.63, 3.8) is 0 Å². The van der Waals surface area contributed by atoms with Gasteiger partial charge in [0, 0.05) is 6.54 Å². The Bertz CT molecular complexity index is 360. The monoisotopic (exact) mass is 226 g/mol. The van der Waals surface area contributed by atoms with E-state index >= 15 is 0 Å². The SMILES string of the molecule is Nc1ccsc1C(=O)NCC(O)C1CC1. The maximum atomic E-state index is 11.6. The Hall–Kier alpha value is -1.07. The van der Waals surface area contributed by atoms with E-state index in [-0.39, 0.29) is 5.91 Å². The predicted octanol–water partition coefficient (Wildman–Crippen LogP) is 0.831. The highest BCUT2D eigenvalue weighted by Crippen LogP contribution is 2.32. The topological polar surface area (TPSA) is 75.4 Å². The highest BCUT2D eigenvalue weighted by molar-refractivity contribution is 7.12. The molecule has 1 fully saturated rings. The smallest absolute Gasteiger partial charge is 0.263 e. The Kier molecular flexibility index (Phi) is 2.93. The van der Waals surface area contributed by atoms with E-state index in [1.54, 1.807) is 11.4 Å². The summed E-state index contributed by atoms with van der Waals surface area (Å²) in [5.74, 6) is 0.188. The van der Waals surface area contributed by atoms with Crippen molar-refractivity contribution < 1.29 is 9.90 Å². The van der Waals surface area contributed by atoms with Gasteiger partial charge in [-0.15, -0.1) is 11.3 Å². The third-order valence-electron chi connectivity index (χ3n) is 2.54. The van der Waals surface area contributed by atoms with Crippen molar-refractivity contribution in [2.45, 2.75) is 18.9 Å². The molecule has 1 atom stereocenters. The number of aliphatic hydroxyl groups excluding tert-OH is 1. The van der Waals surface area contributed by atoms with Crippen LogP contribution in [0.5, 0.6) is 0 Å². The van der Waals surface area contributed by atoms with Gasteiger partial charge in [0.2, 0.25) is 0 Å². The number of nitrogens with one attached hydrogen (secondary N) is 1. The van der Waals surface area contributed by atoms with Crippen LogP contribution in [0, 0.1) is 5.92 Å². The zero-order valence-electron chi connectivity index (χ0n) is 8.27. The van der Waals surface area contributed by atoms with Crippen LogP contribution < -0.4 is 11.1 Å². The lowest BCUT2D eigenvalue weighted by Crippen LogP contribution is -2.33. The Morgan fingerprint density at radius 1 is 1.73 bits per heavy atom. The zero-order chi connectivity index (χ0) is 10.8. The fourth-order valence-corrected chi connectivity index (χ4v) is 2.16. The minimum absolute atomic E-state index is 0.192. The van der Waals surface area contributed by atoms with Crippen molar-refractivity contribution in [3.8, 4) is 0 Å². The van der Waals surface area contributed by atoms with Crippen molar-refractivity contribution in [1.29, 1.82) is 0 Å². The third kappa shape index (κ3) is 2.49. The molecule has 1 aromatic heterocycles. The van der Waals surface area contributed by atoms with Crippen LogP contribution in [0.2, 0.25) is 0 Å².